The van der Waals surface area contributed by atoms with Gasteiger partial charge in [0.2, 0.25) is 0 Å². The molecule has 0 fully saturated rings. The SMILES string of the molecule is C=CC(=O)O.C=CC(=O)O.CC(C)(CO)COC(=O)C(C)(C)CO. The van der Waals surface area contributed by atoms with E-state index >= 15 is 0 Å². The standard InChI is InChI=1S/C10H20O4.2C3H4O2/c1-9(2,5-11)7-14-8(13)10(3,4)6-12;2*1-2-3(4)5/h11-12H,5-7H2,1-4H3;2*2H,1H2,(H,4,5). The van der Waals surface area contributed by atoms with Crippen molar-refractivity contribution >= 4 is 17.9 Å². The summed E-state index contributed by atoms with van der Waals surface area (Å²) in [4.78, 5) is 29.9. The molecule has 0 aliphatic heterocycles. The van der Waals surface area contributed by atoms with Crippen molar-refractivity contribution in [2.75, 3.05) is 19.8 Å². The van der Waals surface area contributed by atoms with Crippen LogP contribution in [0.2, 0.25) is 0 Å². The molecule has 0 atom stereocenters. The van der Waals surface area contributed by atoms with Crippen molar-refractivity contribution in [3.63, 3.8) is 0 Å². The van der Waals surface area contributed by atoms with Crippen LogP contribution in [-0.4, -0.2) is 58.2 Å². The quantitative estimate of drug-likeness (QED) is 0.395. The summed E-state index contributed by atoms with van der Waals surface area (Å²) < 4.78 is 4.99. The summed E-state index contributed by atoms with van der Waals surface area (Å²) in [5.74, 6) is -2.41. The van der Waals surface area contributed by atoms with Crippen molar-refractivity contribution in [2.45, 2.75) is 27.7 Å². The maximum atomic E-state index is 11.4. The van der Waals surface area contributed by atoms with Crippen LogP contribution >= 0.6 is 0 Å². The Hall–Kier alpha value is -2.19. The Bertz CT molecular complexity index is 406. The molecule has 0 saturated heterocycles. The molecule has 4 N–H and O–H groups in total. The van der Waals surface area contributed by atoms with E-state index in [9.17, 15) is 14.4 Å². The fraction of sp³-hybridized carbons (Fsp3) is 0.562. The molecule has 8 heteroatoms. The summed E-state index contributed by atoms with van der Waals surface area (Å²) in [6.45, 7) is 12.6. The highest BCUT2D eigenvalue weighted by atomic mass is 16.5. The molecular formula is C16H28O8. The minimum Gasteiger partial charge on any atom is -0.478 e. The van der Waals surface area contributed by atoms with Crippen LogP contribution in [0.4, 0.5) is 0 Å². The van der Waals surface area contributed by atoms with Gasteiger partial charge in [0.05, 0.1) is 25.2 Å². The van der Waals surface area contributed by atoms with Gasteiger partial charge < -0.3 is 25.2 Å². The summed E-state index contributed by atoms with van der Waals surface area (Å²) in [6, 6.07) is 0. The Morgan fingerprint density at radius 1 is 0.917 bits per heavy atom. The monoisotopic (exact) mass is 348 g/mol. The summed E-state index contributed by atoms with van der Waals surface area (Å²) in [7, 11) is 0. The van der Waals surface area contributed by atoms with E-state index in [1.165, 1.54) is 0 Å². The Morgan fingerprint density at radius 3 is 1.46 bits per heavy atom. The third-order valence-electron chi connectivity index (χ3n) is 2.32. The first kappa shape index (κ1) is 26.7. The zero-order chi connectivity index (χ0) is 20.0. The van der Waals surface area contributed by atoms with Crippen LogP contribution in [0.5, 0.6) is 0 Å². The van der Waals surface area contributed by atoms with Crippen molar-refractivity contribution in [3.8, 4) is 0 Å². The number of hydrogen-bond acceptors (Lipinski definition) is 6. The van der Waals surface area contributed by atoms with Gasteiger partial charge in [-0.15, -0.1) is 0 Å². The van der Waals surface area contributed by atoms with E-state index in [4.69, 9.17) is 25.2 Å². The molecule has 0 aromatic carbocycles. The highest BCUT2D eigenvalue weighted by molar-refractivity contribution is 5.79. The molecule has 0 bridgehead atoms. The van der Waals surface area contributed by atoms with Crippen molar-refractivity contribution in [1.82, 2.24) is 0 Å². The van der Waals surface area contributed by atoms with Crippen LogP contribution in [0.3, 0.4) is 0 Å². The highest BCUT2D eigenvalue weighted by Gasteiger charge is 2.30. The topological polar surface area (TPSA) is 141 Å². The lowest BCUT2D eigenvalue weighted by Gasteiger charge is -2.25. The first-order valence-corrected chi connectivity index (χ1v) is 6.89. The van der Waals surface area contributed by atoms with Crippen molar-refractivity contribution in [1.29, 1.82) is 0 Å². The minimum atomic E-state index is -0.981. The Morgan fingerprint density at radius 2 is 1.25 bits per heavy atom. The molecule has 0 heterocycles. The van der Waals surface area contributed by atoms with Crippen LogP contribution in [0.15, 0.2) is 25.3 Å². The smallest absolute Gasteiger partial charge is 0.327 e. The van der Waals surface area contributed by atoms with Gasteiger partial charge in [-0.1, -0.05) is 27.0 Å². The molecule has 0 unspecified atom stereocenters. The number of aliphatic hydroxyl groups is 2. The van der Waals surface area contributed by atoms with Gasteiger partial charge in [-0.25, -0.2) is 9.59 Å². The second-order valence-electron chi connectivity index (χ2n) is 6.03. The number of carboxylic acid groups (broad SMARTS) is 2. The average molecular weight is 348 g/mol. The molecule has 140 valence electrons. The molecule has 0 aromatic heterocycles. The Labute approximate surface area is 142 Å². The van der Waals surface area contributed by atoms with Gasteiger partial charge in [0.1, 0.15) is 0 Å². The number of aliphatic hydroxyl groups excluding tert-OH is 2. The minimum absolute atomic E-state index is 0.0418. The van der Waals surface area contributed by atoms with Crippen LogP contribution in [0.1, 0.15) is 27.7 Å². The zero-order valence-electron chi connectivity index (χ0n) is 14.6. The molecule has 24 heavy (non-hydrogen) atoms. The third-order valence-corrected chi connectivity index (χ3v) is 2.32. The first-order valence-electron chi connectivity index (χ1n) is 6.89. The number of rotatable bonds is 7. The van der Waals surface area contributed by atoms with E-state index < -0.39 is 28.7 Å². The summed E-state index contributed by atoms with van der Waals surface area (Å²) in [5, 5.41) is 33.0. The third kappa shape index (κ3) is 17.9. The average Bonchev–Trinajstić information content (AvgIpc) is 2.53. The van der Waals surface area contributed by atoms with E-state index in [1.807, 2.05) is 0 Å². The maximum absolute atomic E-state index is 11.4. The lowest BCUT2D eigenvalue weighted by Crippen LogP contribution is -2.34. The lowest BCUT2D eigenvalue weighted by molar-refractivity contribution is -0.160. The lowest BCUT2D eigenvalue weighted by atomic mass is 9.94. The predicted molar refractivity (Wildman–Crippen MR) is 88.4 cm³/mol. The summed E-state index contributed by atoms with van der Waals surface area (Å²) in [5.41, 5.74) is -1.30. The molecule has 8 nitrogen and oxygen atoms in total. The van der Waals surface area contributed by atoms with Gasteiger partial charge in [-0.2, -0.15) is 0 Å². The molecule has 0 aromatic rings. The first-order chi connectivity index (χ1) is 10.8. The molecule has 0 radical (unpaired) electrons. The molecule has 0 amide bonds. The number of carbonyl (C=O) groups is 3. The van der Waals surface area contributed by atoms with E-state index in [2.05, 4.69) is 13.2 Å². The molecule has 0 aliphatic carbocycles. The molecular weight excluding hydrogens is 320 g/mol. The Kier molecular flexibility index (Phi) is 14.8. The summed E-state index contributed by atoms with van der Waals surface area (Å²) in [6.07, 6.45) is 1.67. The van der Waals surface area contributed by atoms with Crippen LogP contribution in [0.25, 0.3) is 0 Å². The number of carbonyl (C=O) groups excluding carboxylic acids is 1. The van der Waals surface area contributed by atoms with E-state index in [-0.39, 0.29) is 19.8 Å². The van der Waals surface area contributed by atoms with Gasteiger partial charge in [0, 0.05) is 17.6 Å². The van der Waals surface area contributed by atoms with Gasteiger partial charge in [-0.05, 0) is 13.8 Å². The molecule has 0 saturated carbocycles. The number of esters is 1. The van der Waals surface area contributed by atoms with Crippen molar-refractivity contribution < 1.29 is 39.5 Å². The fourth-order valence-corrected chi connectivity index (χ4v) is 0.566. The Balaban J connectivity index is -0.000000361. The van der Waals surface area contributed by atoms with Gasteiger partial charge in [-0.3, -0.25) is 4.79 Å². The highest BCUT2D eigenvalue weighted by Crippen LogP contribution is 2.19. The molecule has 0 spiro atoms. The van der Waals surface area contributed by atoms with Gasteiger partial charge in [0.15, 0.2) is 0 Å². The van der Waals surface area contributed by atoms with Gasteiger partial charge in [0.25, 0.3) is 0 Å². The van der Waals surface area contributed by atoms with Crippen LogP contribution < -0.4 is 0 Å². The largest absolute Gasteiger partial charge is 0.478 e. The number of ether oxygens (including phenoxy) is 1. The van der Waals surface area contributed by atoms with Crippen molar-refractivity contribution in [2.24, 2.45) is 10.8 Å². The fourth-order valence-electron chi connectivity index (χ4n) is 0.566. The molecule has 0 rings (SSSR count). The van der Waals surface area contributed by atoms with Gasteiger partial charge >= 0.3 is 17.9 Å². The second kappa shape index (κ2) is 13.3. The van der Waals surface area contributed by atoms with Crippen molar-refractivity contribution in [3.05, 3.63) is 25.3 Å². The van der Waals surface area contributed by atoms with Crippen LogP contribution in [0, 0.1) is 10.8 Å². The summed E-state index contributed by atoms with van der Waals surface area (Å²) >= 11 is 0. The second-order valence-corrected chi connectivity index (χ2v) is 6.03. The number of hydrogen-bond donors (Lipinski definition) is 4. The zero-order valence-corrected chi connectivity index (χ0v) is 14.6. The van der Waals surface area contributed by atoms with E-state index in [1.54, 1.807) is 27.7 Å². The number of carboxylic acids is 2. The predicted octanol–water partition coefficient (Wildman–Crippen LogP) is 1.08. The van der Waals surface area contributed by atoms with Crippen LogP contribution in [-0.2, 0) is 19.1 Å². The van der Waals surface area contributed by atoms with E-state index in [0.717, 1.165) is 12.2 Å². The maximum Gasteiger partial charge on any atom is 0.327 e. The number of aliphatic carboxylic acids is 2. The molecule has 0 aliphatic rings. The van der Waals surface area contributed by atoms with E-state index in [0.29, 0.717) is 0 Å². The normalized spacial score (nSPS) is 10.1.